The first-order valence-electron chi connectivity index (χ1n) is 6.26. The van der Waals surface area contributed by atoms with Gasteiger partial charge in [0.2, 0.25) is 0 Å². The smallest absolute Gasteiger partial charge is 0.0475 e. The maximum absolute atomic E-state index is 6.29. The van der Waals surface area contributed by atoms with Crippen LogP contribution in [0.25, 0.3) is 0 Å². The molecule has 2 nitrogen and oxygen atoms in total. The van der Waals surface area contributed by atoms with Gasteiger partial charge in [0.1, 0.15) is 0 Å². The number of benzene rings is 2. The van der Waals surface area contributed by atoms with Crippen LogP contribution in [0.3, 0.4) is 0 Å². The zero-order valence-corrected chi connectivity index (χ0v) is 11.0. The molecule has 0 bridgehead atoms. The number of nitrogens with two attached hydrogens (primary N) is 1. The van der Waals surface area contributed by atoms with E-state index in [4.69, 9.17) is 5.73 Å². The summed E-state index contributed by atoms with van der Waals surface area (Å²) in [6, 6.07) is 18.7. The number of para-hydroxylation sites is 1. The molecule has 0 aromatic heterocycles. The van der Waals surface area contributed by atoms with Gasteiger partial charge in [0, 0.05) is 25.3 Å². The lowest BCUT2D eigenvalue weighted by Gasteiger charge is -2.24. The van der Waals surface area contributed by atoms with Crippen molar-refractivity contribution in [2.24, 2.45) is 5.73 Å². The molecule has 2 aromatic rings. The Labute approximate surface area is 109 Å². The van der Waals surface area contributed by atoms with Crippen LogP contribution in [0.5, 0.6) is 0 Å². The standard InChI is InChI=1S/C16H20N2/c1-13-8-6-7-11-15(13)16(17)12-18(2)14-9-4-3-5-10-14/h3-11,16H,12,17H2,1-2H3. The molecule has 0 spiro atoms. The minimum absolute atomic E-state index is 0.0383. The quantitative estimate of drug-likeness (QED) is 0.889. The molecular weight excluding hydrogens is 220 g/mol. The monoisotopic (exact) mass is 240 g/mol. The van der Waals surface area contributed by atoms with Crippen molar-refractivity contribution in [1.29, 1.82) is 0 Å². The van der Waals surface area contributed by atoms with Crippen molar-refractivity contribution < 1.29 is 0 Å². The summed E-state index contributed by atoms with van der Waals surface area (Å²) in [5.41, 5.74) is 9.97. The van der Waals surface area contributed by atoms with E-state index in [1.807, 2.05) is 30.3 Å². The van der Waals surface area contributed by atoms with Crippen molar-refractivity contribution in [3.63, 3.8) is 0 Å². The molecule has 0 aliphatic rings. The molecule has 0 aliphatic heterocycles. The molecule has 0 heterocycles. The van der Waals surface area contributed by atoms with Gasteiger partial charge < -0.3 is 10.6 Å². The van der Waals surface area contributed by atoms with Crippen LogP contribution in [0, 0.1) is 6.92 Å². The Bertz CT molecular complexity index is 493. The summed E-state index contributed by atoms with van der Waals surface area (Å²) in [6.07, 6.45) is 0. The first-order valence-corrected chi connectivity index (χ1v) is 6.26. The summed E-state index contributed by atoms with van der Waals surface area (Å²) in [7, 11) is 2.08. The van der Waals surface area contributed by atoms with Gasteiger partial charge in [-0.3, -0.25) is 0 Å². The lowest BCUT2D eigenvalue weighted by molar-refractivity contribution is 0.699. The molecule has 94 valence electrons. The highest BCUT2D eigenvalue weighted by atomic mass is 15.1. The summed E-state index contributed by atoms with van der Waals surface area (Å²) >= 11 is 0. The van der Waals surface area contributed by atoms with Crippen molar-refractivity contribution in [3.8, 4) is 0 Å². The summed E-state index contributed by atoms with van der Waals surface area (Å²) in [5, 5.41) is 0. The number of anilines is 1. The minimum atomic E-state index is 0.0383. The molecule has 0 aliphatic carbocycles. The largest absolute Gasteiger partial charge is 0.373 e. The van der Waals surface area contributed by atoms with Gasteiger partial charge in [-0.05, 0) is 30.2 Å². The minimum Gasteiger partial charge on any atom is -0.373 e. The van der Waals surface area contributed by atoms with Crippen molar-refractivity contribution in [2.45, 2.75) is 13.0 Å². The number of aryl methyl sites for hydroxylation is 1. The third-order valence-electron chi connectivity index (χ3n) is 3.26. The van der Waals surface area contributed by atoms with E-state index < -0.39 is 0 Å². The Morgan fingerprint density at radius 2 is 1.61 bits per heavy atom. The molecule has 0 fully saturated rings. The van der Waals surface area contributed by atoms with E-state index in [-0.39, 0.29) is 6.04 Å². The second-order valence-corrected chi connectivity index (χ2v) is 4.68. The predicted octanol–water partition coefficient (Wildman–Crippen LogP) is 3.13. The Hall–Kier alpha value is -1.80. The van der Waals surface area contributed by atoms with Crippen LogP contribution < -0.4 is 10.6 Å². The van der Waals surface area contributed by atoms with Crippen LogP contribution in [0.1, 0.15) is 17.2 Å². The van der Waals surface area contributed by atoms with Crippen LogP contribution in [0.15, 0.2) is 54.6 Å². The van der Waals surface area contributed by atoms with Crippen LogP contribution in [0.4, 0.5) is 5.69 Å². The molecule has 0 radical (unpaired) electrons. The van der Waals surface area contributed by atoms with E-state index >= 15 is 0 Å². The molecule has 2 aromatic carbocycles. The first kappa shape index (κ1) is 12.7. The lowest BCUT2D eigenvalue weighted by atomic mass is 10.0. The van der Waals surface area contributed by atoms with Gasteiger partial charge in [0.15, 0.2) is 0 Å². The normalized spacial score (nSPS) is 12.2. The van der Waals surface area contributed by atoms with E-state index in [1.54, 1.807) is 0 Å². The van der Waals surface area contributed by atoms with Gasteiger partial charge in [0.25, 0.3) is 0 Å². The van der Waals surface area contributed by atoms with Crippen molar-refractivity contribution >= 4 is 5.69 Å². The number of nitrogens with zero attached hydrogens (tertiary/aromatic N) is 1. The van der Waals surface area contributed by atoms with Crippen molar-refractivity contribution in [3.05, 3.63) is 65.7 Å². The average molecular weight is 240 g/mol. The third-order valence-corrected chi connectivity index (χ3v) is 3.26. The Morgan fingerprint density at radius 3 is 2.28 bits per heavy atom. The van der Waals surface area contributed by atoms with Crippen molar-refractivity contribution in [1.82, 2.24) is 0 Å². The van der Waals surface area contributed by atoms with Crippen LogP contribution in [-0.4, -0.2) is 13.6 Å². The number of hydrogen-bond donors (Lipinski definition) is 1. The molecule has 0 saturated carbocycles. The summed E-state index contributed by atoms with van der Waals surface area (Å²) in [6.45, 7) is 2.92. The van der Waals surface area contributed by atoms with Gasteiger partial charge in [-0.15, -0.1) is 0 Å². The van der Waals surface area contributed by atoms with E-state index in [2.05, 4.69) is 43.1 Å². The van der Waals surface area contributed by atoms with Gasteiger partial charge in [-0.25, -0.2) is 0 Å². The van der Waals surface area contributed by atoms with E-state index in [9.17, 15) is 0 Å². The topological polar surface area (TPSA) is 29.3 Å². The van der Waals surface area contributed by atoms with Gasteiger partial charge in [-0.2, -0.15) is 0 Å². The lowest BCUT2D eigenvalue weighted by Crippen LogP contribution is -2.29. The first-order chi connectivity index (χ1) is 8.68. The van der Waals surface area contributed by atoms with Gasteiger partial charge in [0.05, 0.1) is 0 Å². The summed E-state index contributed by atoms with van der Waals surface area (Å²) in [4.78, 5) is 2.19. The second-order valence-electron chi connectivity index (χ2n) is 4.68. The number of hydrogen-bond acceptors (Lipinski definition) is 2. The Balaban J connectivity index is 2.08. The Kier molecular flexibility index (Phi) is 4.00. The molecule has 0 saturated heterocycles. The van der Waals surface area contributed by atoms with Crippen LogP contribution in [-0.2, 0) is 0 Å². The van der Waals surface area contributed by atoms with Crippen LogP contribution >= 0.6 is 0 Å². The highest BCUT2D eigenvalue weighted by molar-refractivity contribution is 5.45. The average Bonchev–Trinajstić information content (AvgIpc) is 2.40. The summed E-state index contributed by atoms with van der Waals surface area (Å²) < 4.78 is 0. The SMILES string of the molecule is Cc1ccccc1C(N)CN(C)c1ccccc1. The Morgan fingerprint density at radius 1 is 1.00 bits per heavy atom. The second kappa shape index (κ2) is 5.69. The molecule has 0 amide bonds. The molecule has 2 rings (SSSR count). The number of rotatable bonds is 4. The van der Waals surface area contributed by atoms with E-state index in [0.29, 0.717) is 0 Å². The van der Waals surface area contributed by atoms with Gasteiger partial charge >= 0.3 is 0 Å². The molecule has 1 atom stereocenters. The highest BCUT2D eigenvalue weighted by Crippen LogP contribution is 2.19. The molecule has 2 heteroatoms. The molecule has 1 unspecified atom stereocenters. The predicted molar refractivity (Wildman–Crippen MR) is 77.8 cm³/mol. The fourth-order valence-corrected chi connectivity index (χ4v) is 2.18. The molecular formula is C16H20N2. The summed E-state index contributed by atoms with van der Waals surface area (Å²) in [5.74, 6) is 0. The zero-order valence-electron chi connectivity index (χ0n) is 11.0. The fourth-order valence-electron chi connectivity index (χ4n) is 2.18. The zero-order chi connectivity index (χ0) is 13.0. The van der Waals surface area contributed by atoms with Crippen LogP contribution in [0.2, 0.25) is 0 Å². The maximum Gasteiger partial charge on any atom is 0.0475 e. The van der Waals surface area contributed by atoms with E-state index in [0.717, 1.165) is 6.54 Å². The molecule has 18 heavy (non-hydrogen) atoms. The maximum atomic E-state index is 6.29. The van der Waals surface area contributed by atoms with E-state index in [1.165, 1.54) is 16.8 Å². The fraction of sp³-hybridized carbons (Fsp3) is 0.250. The van der Waals surface area contributed by atoms with Crippen molar-refractivity contribution in [2.75, 3.05) is 18.5 Å². The highest BCUT2D eigenvalue weighted by Gasteiger charge is 2.11. The number of likely N-dealkylation sites (N-methyl/N-ethyl adjacent to an activating group) is 1. The third kappa shape index (κ3) is 2.90. The molecule has 2 N–H and O–H groups in total. The van der Waals surface area contributed by atoms with Gasteiger partial charge in [-0.1, -0.05) is 42.5 Å².